The van der Waals surface area contributed by atoms with E-state index >= 15 is 0 Å². The molecule has 6 unspecified atom stereocenters. The van der Waals surface area contributed by atoms with Crippen LogP contribution in [0.3, 0.4) is 0 Å². The molecule has 1 aromatic carbocycles. The molecular formula is C35H52N4O5. The standard InChI is InChI=1S/C35H52N4O5/c1-6-8-19-30(40)33(42)29(23-27-17-13-10-14-18-27)37-35(44)32(25(3)7-2)38-34(43)28(22-26-15-11-9-12-16-26)24-31(41)39(5)21-20-36-4/h1-2,9,11-12,15-16,25,27-30,32-33,36,40,42H,8,10,13-14,17-24H2,3-5H3,(H,37,44)(H,38,43). The maximum atomic E-state index is 13.8. The lowest BCUT2D eigenvalue weighted by atomic mass is 9.82. The maximum Gasteiger partial charge on any atom is 0.244 e. The number of hydrogen-bond acceptors (Lipinski definition) is 6. The molecule has 44 heavy (non-hydrogen) atoms. The van der Waals surface area contributed by atoms with E-state index in [1.807, 2.05) is 30.3 Å². The smallest absolute Gasteiger partial charge is 0.244 e. The quantitative estimate of drug-likeness (QED) is 0.163. The van der Waals surface area contributed by atoms with Gasteiger partial charge in [0.2, 0.25) is 17.7 Å². The summed E-state index contributed by atoms with van der Waals surface area (Å²) in [5.41, 5.74) is 0.890. The largest absolute Gasteiger partial charge is 0.390 e. The summed E-state index contributed by atoms with van der Waals surface area (Å²) in [5.74, 6) is 2.75. The first-order valence-electron chi connectivity index (χ1n) is 15.9. The summed E-state index contributed by atoms with van der Waals surface area (Å²) >= 11 is 0. The van der Waals surface area contributed by atoms with Crippen LogP contribution in [-0.2, 0) is 20.8 Å². The monoisotopic (exact) mass is 608 g/mol. The summed E-state index contributed by atoms with van der Waals surface area (Å²) in [7, 11) is 3.50. The molecular weight excluding hydrogens is 556 g/mol. The van der Waals surface area contributed by atoms with Crippen LogP contribution >= 0.6 is 0 Å². The van der Waals surface area contributed by atoms with Crippen molar-refractivity contribution >= 4 is 17.7 Å². The molecule has 1 aliphatic rings. The van der Waals surface area contributed by atoms with Gasteiger partial charge in [0.1, 0.15) is 12.1 Å². The van der Waals surface area contributed by atoms with E-state index in [4.69, 9.17) is 12.8 Å². The van der Waals surface area contributed by atoms with Crippen molar-refractivity contribution in [3.8, 4) is 24.7 Å². The van der Waals surface area contributed by atoms with E-state index in [2.05, 4.69) is 27.8 Å². The molecule has 1 fully saturated rings. The van der Waals surface area contributed by atoms with Crippen LogP contribution in [0.1, 0.15) is 70.3 Å². The molecule has 1 aliphatic carbocycles. The van der Waals surface area contributed by atoms with Crippen LogP contribution in [-0.4, -0.2) is 84.3 Å². The van der Waals surface area contributed by atoms with E-state index in [1.165, 1.54) is 0 Å². The topological polar surface area (TPSA) is 131 Å². The summed E-state index contributed by atoms with van der Waals surface area (Å²) in [5, 5.41) is 30.5. The molecule has 0 heterocycles. The second-order valence-corrected chi connectivity index (χ2v) is 12.1. The number of nitrogens with zero attached hydrogens (tertiary/aromatic N) is 1. The van der Waals surface area contributed by atoms with Gasteiger partial charge in [-0.15, -0.1) is 24.7 Å². The lowest BCUT2D eigenvalue weighted by molar-refractivity contribution is -0.137. The zero-order valence-corrected chi connectivity index (χ0v) is 26.6. The van der Waals surface area contributed by atoms with E-state index in [0.29, 0.717) is 38.3 Å². The first-order chi connectivity index (χ1) is 21.1. The molecule has 9 nitrogen and oxygen atoms in total. The summed E-state index contributed by atoms with van der Waals surface area (Å²) < 4.78 is 0. The van der Waals surface area contributed by atoms with Gasteiger partial charge in [-0.25, -0.2) is 0 Å². The highest BCUT2D eigenvalue weighted by molar-refractivity contribution is 5.91. The Kier molecular flexibility index (Phi) is 16.6. The third-order valence-corrected chi connectivity index (χ3v) is 8.61. The molecule has 6 atom stereocenters. The van der Waals surface area contributed by atoms with Crippen molar-refractivity contribution in [1.29, 1.82) is 0 Å². The minimum atomic E-state index is -1.23. The number of amides is 3. The number of carbonyl (C=O) groups is 3. The van der Waals surface area contributed by atoms with Crippen molar-refractivity contribution in [3.63, 3.8) is 0 Å². The van der Waals surface area contributed by atoms with Crippen LogP contribution in [0.2, 0.25) is 0 Å². The van der Waals surface area contributed by atoms with E-state index in [9.17, 15) is 24.6 Å². The summed E-state index contributed by atoms with van der Waals surface area (Å²) in [6, 6.07) is 7.57. The van der Waals surface area contributed by atoms with Crippen molar-refractivity contribution in [2.24, 2.45) is 17.8 Å². The third kappa shape index (κ3) is 12.3. The number of hydrogen-bond donors (Lipinski definition) is 5. The van der Waals surface area contributed by atoms with E-state index in [0.717, 1.165) is 37.7 Å². The Morgan fingerprint density at radius 2 is 1.73 bits per heavy atom. The second-order valence-electron chi connectivity index (χ2n) is 12.1. The van der Waals surface area contributed by atoms with Crippen LogP contribution < -0.4 is 16.0 Å². The average molecular weight is 609 g/mol. The number of nitrogens with one attached hydrogen (secondary N) is 3. The molecule has 0 bridgehead atoms. The highest BCUT2D eigenvalue weighted by atomic mass is 16.3. The fourth-order valence-corrected chi connectivity index (χ4v) is 5.72. The Labute approximate surface area is 263 Å². The Balaban J connectivity index is 2.26. The molecule has 0 aliphatic heterocycles. The Hall–Kier alpha value is -3.37. The van der Waals surface area contributed by atoms with E-state index in [-0.39, 0.29) is 18.7 Å². The van der Waals surface area contributed by atoms with Gasteiger partial charge in [-0.05, 0) is 44.7 Å². The predicted octanol–water partition coefficient (Wildman–Crippen LogP) is 2.26. The summed E-state index contributed by atoms with van der Waals surface area (Å²) in [4.78, 5) is 42.2. The first kappa shape index (κ1) is 36.8. The number of carbonyl (C=O) groups excluding carboxylic acids is 3. The lowest BCUT2D eigenvalue weighted by Gasteiger charge is -2.34. The van der Waals surface area contributed by atoms with Crippen LogP contribution in [0.25, 0.3) is 0 Å². The van der Waals surface area contributed by atoms with E-state index in [1.54, 1.807) is 25.9 Å². The predicted molar refractivity (Wildman–Crippen MR) is 173 cm³/mol. The second kappa shape index (κ2) is 19.8. The maximum absolute atomic E-state index is 13.8. The van der Waals surface area contributed by atoms with Gasteiger partial charge in [0.15, 0.2) is 0 Å². The van der Waals surface area contributed by atoms with Gasteiger partial charge in [-0.3, -0.25) is 14.4 Å². The number of benzene rings is 1. The molecule has 0 spiro atoms. The SMILES string of the molecule is C#CCCC(O)C(O)C(CC1CCCCC1)NC(=O)C(NC(=O)C(CC(=O)N(C)CCNC)Cc1ccccc1)C(C)C#C. The van der Waals surface area contributed by atoms with Crippen LogP contribution in [0.4, 0.5) is 0 Å². The number of terminal acetylenes is 2. The molecule has 242 valence electrons. The molecule has 1 aromatic rings. The Morgan fingerprint density at radius 3 is 2.34 bits per heavy atom. The Bertz CT molecular complexity index is 1110. The van der Waals surface area contributed by atoms with Crippen LogP contribution in [0.15, 0.2) is 30.3 Å². The minimum absolute atomic E-state index is 0.0376. The highest BCUT2D eigenvalue weighted by Crippen LogP contribution is 2.29. The highest BCUT2D eigenvalue weighted by Gasteiger charge is 2.35. The molecule has 9 heteroatoms. The summed E-state index contributed by atoms with van der Waals surface area (Å²) in [6.07, 6.45) is 15.3. The number of likely N-dealkylation sites (N-methyl/N-ethyl adjacent to an activating group) is 2. The average Bonchev–Trinajstić information content (AvgIpc) is 3.04. The van der Waals surface area contributed by atoms with Gasteiger partial charge in [0, 0.05) is 38.9 Å². The lowest BCUT2D eigenvalue weighted by Crippen LogP contribution is -2.57. The first-order valence-corrected chi connectivity index (χ1v) is 15.9. The number of aliphatic hydroxyl groups is 2. The molecule has 5 N–H and O–H groups in total. The van der Waals surface area contributed by atoms with E-state index < -0.39 is 47.9 Å². The van der Waals surface area contributed by atoms with Crippen molar-refractivity contribution in [2.45, 2.75) is 95.4 Å². The van der Waals surface area contributed by atoms with Crippen molar-refractivity contribution in [1.82, 2.24) is 20.9 Å². The number of rotatable bonds is 18. The third-order valence-electron chi connectivity index (χ3n) is 8.61. The van der Waals surface area contributed by atoms with Gasteiger partial charge >= 0.3 is 0 Å². The zero-order valence-electron chi connectivity index (χ0n) is 26.6. The molecule has 2 rings (SSSR count). The molecule has 3 amide bonds. The fraction of sp³-hybridized carbons (Fsp3) is 0.629. The zero-order chi connectivity index (χ0) is 32.5. The Morgan fingerprint density at radius 1 is 1.05 bits per heavy atom. The van der Waals surface area contributed by atoms with Crippen LogP contribution in [0.5, 0.6) is 0 Å². The van der Waals surface area contributed by atoms with Gasteiger partial charge in [-0.2, -0.15) is 0 Å². The molecule has 1 saturated carbocycles. The van der Waals surface area contributed by atoms with Gasteiger partial charge in [0.25, 0.3) is 0 Å². The van der Waals surface area contributed by atoms with Crippen LogP contribution in [0, 0.1) is 42.4 Å². The normalized spacial score (nSPS) is 17.5. The number of aliphatic hydroxyl groups excluding tert-OH is 2. The van der Waals surface area contributed by atoms with Gasteiger partial charge < -0.3 is 31.1 Å². The van der Waals surface area contributed by atoms with Crippen molar-refractivity contribution in [3.05, 3.63) is 35.9 Å². The minimum Gasteiger partial charge on any atom is -0.390 e. The molecule has 0 saturated heterocycles. The molecule has 0 aromatic heterocycles. The molecule has 0 radical (unpaired) electrons. The van der Waals surface area contributed by atoms with Crippen molar-refractivity contribution in [2.75, 3.05) is 27.2 Å². The van der Waals surface area contributed by atoms with Crippen molar-refractivity contribution < 1.29 is 24.6 Å². The fourth-order valence-electron chi connectivity index (χ4n) is 5.72. The summed E-state index contributed by atoms with van der Waals surface area (Å²) in [6.45, 7) is 2.78. The van der Waals surface area contributed by atoms with Gasteiger partial charge in [0.05, 0.1) is 18.1 Å². The van der Waals surface area contributed by atoms with Gasteiger partial charge in [-0.1, -0.05) is 62.4 Å².